The molecule has 0 aliphatic carbocycles. The molecule has 1 fully saturated rings. The highest BCUT2D eigenvalue weighted by Crippen LogP contribution is 2.36. The van der Waals surface area contributed by atoms with Crippen molar-refractivity contribution in [3.05, 3.63) is 47.4 Å². The van der Waals surface area contributed by atoms with Crippen molar-refractivity contribution in [3.8, 4) is 17.2 Å². The summed E-state index contributed by atoms with van der Waals surface area (Å²) in [6.45, 7) is -0.106. The van der Waals surface area contributed by atoms with Crippen molar-refractivity contribution in [2.24, 2.45) is 0 Å². The lowest BCUT2D eigenvalue weighted by atomic mass is 10.1. The molecule has 28 heavy (non-hydrogen) atoms. The van der Waals surface area contributed by atoms with E-state index >= 15 is 0 Å². The van der Waals surface area contributed by atoms with Gasteiger partial charge in [-0.05, 0) is 24.3 Å². The van der Waals surface area contributed by atoms with Crippen molar-refractivity contribution >= 4 is 23.9 Å². The van der Waals surface area contributed by atoms with Crippen LogP contribution in [0.2, 0.25) is 0 Å². The standard InChI is InChI=1S/C19H18N2O7/c1-25-14-9-16(27-3)15(26-2)8-11(14)7-13-17(22)20-19(24)21(18(13)23)10-12-5-4-6-28-12/h4-9H,10H2,1-3H3,(H,20,22,24)/b13-7+. The molecular formula is C19H18N2O7. The number of hydrogen-bond donors (Lipinski definition) is 1. The van der Waals surface area contributed by atoms with Gasteiger partial charge in [-0.1, -0.05) is 0 Å². The summed E-state index contributed by atoms with van der Waals surface area (Å²) in [5, 5.41) is 2.15. The van der Waals surface area contributed by atoms with Gasteiger partial charge in [0.25, 0.3) is 11.8 Å². The zero-order chi connectivity index (χ0) is 20.3. The Kier molecular flexibility index (Phi) is 5.35. The first-order valence-corrected chi connectivity index (χ1v) is 8.19. The lowest BCUT2D eigenvalue weighted by Gasteiger charge is -2.25. The van der Waals surface area contributed by atoms with Crippen molar-refractivity contribution in [1.29, 1.82) is 0 Å². The number of amides is 4. The van der Waals surface area contributed by atoms with Crippen LogP contribution in [0.5, 0.6) is 17.2 Å². The number of methoxy groups -OCH3 is 3. The quantitative estimate of drug-likeness (QED) is 0.597. The third kappa shape index (κ3) is 3.54. The maximum atomic E-state index is 12.8. The summed E-state index contributed by atoms with van der Waals surface area (Å²) in [4.78, 5) is 38.0. The lowest BCUT2D eigenvalue weighted by Crippen LogP contribution is -2.53. The van der Waals surface area contributed by atoms with Crippen LogP contribution in [0, 0.1) is 0 Å². The normalized spacial score (nSPS) is 15.6. The van der Waals surface area contributed by atoms with Gasteiger partial charge in [0.05, 0.1) is 34.1 Å². The number of nitrogens with zero attached hydrogens (tertiary/aromatic N) is 1. The van der Waals surface area contributed by atoms with Gasteiger partial charge in [-0.3, -0.25) is 19.8 Å². The number of ether oxygens (including phenoxy) is 3. The minimum Gasteiger partial charge on any atom is -0.496 e. The van der Waals surface area contributed by atoms with Gasteiger partial charge < -0.3 is 18.6 Å². The van der Waals surface area contributed by atoms with Gasteiger partial charge in [-0.2, -0.15) is 0 Å². The Hall–Kier alpha value is -3.75. The van der Waals surface area contributed by atoms with Crippen molar-refractivity contribution in [1.82, 2.24) is 10.2 Å². The first kappa shape index (κ1) is 19.0. The molecule has 4 amide bonds. The van der Waals surface area contributed by atoms with Crippen molar-refractivity contribution in [3.63, 3.8) is 0 Å². The number of hydrogen-bond acceptors (Lipinski definition) is 7. The van der Waals surface area contributed by atoms with Crippen molar-refractivity contribution < 1.29 is 33.0 Å². The number of nitrogens with one attached hydrogen (secondary N) is 1. The first-order valence-electron chi connectivity index (χ1n) is 8.19. The van der Waals surface area contributed by atoms with Gasteiger partial charge in [0.2, 0.25) is 0 Å². The molecule has 9 nitrogen and oxygen atoms in total. The summed E-state index contributed by atoms with van der Waals surface area (Å²) in [6.07, 6.45) is 2.76. The third-order valence-electron chi connectivity index (χ3n) is 4.12. The molecule has 0 spiro atoms. The number of barbiturate groups is 1. The largest absolute Gasteiger partial charge is 0.496 e. The number of benzene rings is 1. The Morgan fingerprint density at radius 1 is 1.04 bits per heavy atom. The van der Waals surface area contributed by atoms with Gasteiger partial charge in [-0.25, -0.2) is 4.79 Å². The molecule has 1 aliphatic rings. The molecule has 1 aliphatic heterocycles. The summed E-state index contributed by atoms with van der Waals surface area (Å²) < 4.78 is 21.0. The number of urea groups is 1. The molecule has 0 saturated carbocycles. The van der Waals surface area contributed by atoms with Gasteiger partial charge >= 0.3 is 6.03 Å². The molecular weight excluding hydrogens is 368 g/mol. The van der Waals surface area contributed by atoms with E-state index in [0.717, 1.165) is 4.90 Å². The molecule has 2 heterocycles. The average Bonchev–Trinajstić information content (AvgIpc) is 3.21. The second kappa shape index (κ2) is 7.87. The minimum absolute atomic E-state index is 0.106. The first-order chi connectivity index (χ1) is 13.5. The molecule has 1 N–H and O–H groups in total. The minimum atomic E-state index is -0.817. The van der Waals surface area contributed by atoms with Gasteiger partial charge in [0.1, 0.15) is 17.1 Å². The predicted molar refractivity (Wildman–Crippen MR) is 96.9 cm³/mol. The molecule has 0 bridgehead atoms. The summed E-state index contributed by atoms with van der Waals surface area (Å²) >= 11 is 0. The topological polar surface area (TPSA) is 107 Å². The molecule has 0 radical (unpaired) electrons. The Labute approximate surface area is 160 Å². The van der Waals surface area contributed by atoms with Crippen LogP contribution in [0.15, 0.2) is 40.5 Å². The second-order valence-corrected chi connectivity index (χ2v) is 5.74. The van der Waals surface area contributed by atoms with Crippen LogP contribution in [0.3, 0.4) is 0 Å². The monoisotopic (exact) mass is 386 g/mol. The number of carbonyl (C=O) groups is 3. The van der Waals surface area contributed by atoms with Crippen LogP contribution in [-0.2, 0) is 16.1 Å². The van der Waals surface area contributed by atoms with E-state index < -0.39 is 17.8 Å². The van der Waals surface area contributed by atoms with Crippen LogP contribution in [-0.4, -0.2) is 44.1 Å². The average molecular weight is 386 g/mol. The Balaban J connectivity index is 2.01. The number of carbonyl (C=O) groups excluding carboxylic acids is 3. The van der Waals surface area contributed by atoms with E-state index in [0.29, 0.717) is 28.6 Å². The highest BCUT2D eigenvalue weighted by Gasteiger charge is 2.36. The maximum Gasteiger partial charge on any atom is 0.331 e. The smallest absolute Gasteiger partial charge is 0.331 e. The second-order valence-electron chi connectivity index (χ2n) is 5.74. The zero-order valence-electron chi connectivity index (χ0n) is 15.5. The van der Waals surface area contributed by atoms with E-state index in [1.165, 1.54) is 33.7 Å². The molecule has 0 atom stereocenters. The highest BCUT2D eigenvalue weighted by molar-refractivity contribution is 6.31. The number of rotatable bonds is 6. The van der Waals surface area contributed by atoms with Gasteiger partial charge in [-0.15, -0.1) is 0 Å². The van der Waals surface area contributed by atoms with Crippen LogP contribution in [0.25, 0.3) is 6.08 Å². The highest BCUT2D eigenvalue weighted by atomic mass is 16.5. The number of furan rings is 1. The Morgan fingerprint density at radius 2 is 1.71 bits per heavy atom. The summed E-state index contributed by atoms with van der Waals surface area (Å²) in [7, 11) is 4.38. The van der Waals surface area contributed by atoms with E-state index in [4.69, 9.17) is 18.6 Å². The number of imide groups is 2. The summed E-state index contributed by atoms with van der Waals surface area (Å²) in [6, 6.07) is 5.58. The SMILES string of the molecule is COc1cc(OC)c(OC)cc1/C=C1\C(=O)NC(=O)N(Cc2ccco2)C1=O. The maximum absolute atomic E-state index is 12.8. The zero-order valence-corrected chi connectivity index (χ0v) is 15.5. The lowest BCUT2D eigenvalue weighted by molar-refractivity contribution is -0.130. The fraction of sp³-hybridized carbons (Fsp3) is 0.211. The predicted octanol–water partition coefficient (Wildman–Crippen LogP) is 1.97. The third-order valence-corrected chi connectivity index (χ3v) is 4.12. The molecule has 0 unspecified atom stereocenters. The summed E-state index contributed by atoms with van der Waals surface area (Å²) in [5.41, 5.74) is 0.183. The molecule has 2 aromatic rings. The van der Waals surface area contributed by atoms with E-state index in [1.54, 1.807) is 24.3 Å². The van der Waals surface area contributed by atoms with E-state index in [-0.39, 0.29) is 12.1 Å². The molecule has 1 saturated heterocycles. The Morgan fingerprint density at radius 3 is 2.32 bits per heavy atom. The van der Waals surface area contributed by atoms with Gasteiger partial charge in [0, 0.05) is 11.6 Å². The fourth-order valence-electron chi connectivity index (χ4n) is 2.72. The summed E-state index contributed by atoms with van der Waals surface area (Å²) in [5.74, 6) is 0.0310. The van der Waals surface area contributed by atoms with E-state index in [1.807, 2.05) is 0 Å². The van der Waals surface area contributed by atoms with Crippen LogP contribution in [0.4, 0.5) is 4.79 Å². The van der Waals surface area contributed by atoms with Crippen molar-refractivity contribution in [2.75, 3.05) is 21.3 Å². The Bertz CT molecular complexity index is 947. The van der Waals surface area contributed by atoms with Crippen molar-refractivity contribution in [2.45, 2.75) is 6.54 Å². The molecule has 146 valence electrons. The van der Waals surface area contributed by atoms with E-state index in [9.17, 15) is 14.4 Å². The van der Waals surface area contributed by atoms with Crippen LogP contribution < -0.4 is 19.5 Å². The molecule has 1 aromatic heterocycles. The fourth-order valence-corrected chi connectivity index (χ4v) is 2.72. The van der Waals surface area contributed by atoms with Gasteiger partial charge in [0.15, 0.2) is 11.5 Å². The molecule has 9 heteroatoms. The van der Waals surface area contributed by atoms with E-state index in [2.05, 4.69) is 5.32 Å². The molecule has 1 aromatic carbocycles. The van der Waals surface area contributed by atoms with Crippen LogP contribution >= 0.6 is 0 Å². The molecule has 3 rings (SSSR count). The van der Waals surface area contributed by atoms with Crippen LogP contribution in [0.1, 0.15) is 11.3 Å².